The minimum absolute atomic E-state index is 0. The smallest absolute Gasteiger partial charge is 0.119 e. The second-order valence-corrected chi connectivity index (χ2v) is 8.18. The van der Waals surface area contributed by atoms with Gasteiger partial charge in [-0.25, -0.2) is 0 Å². The van der Waals surface area contributed by atoms with Gasteiger partial charge >= 0.3 is 0 Å². The van der Waals surface area contributed by atoms with Gasteiger partial charge in [0, 0.05) is 30.9 Å². The quantitative estimate of drug-likeness (QED) is 0.285. The van der Waals surface area contributed by atoms with Crippen LogP contribution >= 0.6 is 24.8 Å². The van der Waals surface area contributed by atoms with Crippen molar-refractivity contribution in [3.8, 4) is 5.75 Å². The van der Waals surface area contributed by atoms with Crippen LogP contribution in [0.25, 0.3) is 0 Å². The minimum atomic E-state index is -0.147. The molecule has 0 N–H and O–H groups in total. The second kappa shape index (κ2) is 10.7. The average molecular weight is 485 g/mol. The molecular formula is C26H30Cl2N4O. The van der Waals surface area contributed by atoms with Crippen LogP contribution in [0.1, 0.15) is 19.4 Å². The zero-order chi connectivity index (χ0) is 22.0. The first kappa shape index (κ1) is 26.2. The van der Waals surface area contributed by atoms with Gasteiger partial charge in [-0.05, 0) is 60.2 Å². The number of hydrogen-bond acceptors (Lipinski definition) is 5. The first-order chi connectivity index (χ1) is 14.9. The summed E-state index contributed by atoms with van der Waals surface area (Å²) in [6, 6.07) is 24.6. The summed E-state index contributed by atoms with van der Waals surface area (Å²) in [6.45, 7) is 4.38. The van der Waals surface area contributed by atoms with Crippen molar-refractivity contribution in [2.75, 3.05) is 31.1 Å². The monoisotopic (exact) mass is 484 g/mol. The first-order valence-electron chi connectivity index (χ1n) is 10.3. The van der Waals surface area contributed by atoms with Crippen molar-refractivity contribution in [3.63, 3.8) is 0 Å². The summed E-state index contributed by atoms with van der Waals surface area (Å²) in [6.07, 6.45) is 1.87. The lowest BCUT2D eigenvalue weighted by atomic mass is 9.82. The molecule has 0 aromatic heterocycles. The topological polar surface area (TPSA) is 40.4 Å². The minimum Gasteiger partial charge on any atom is -0.497 e. The summed E-state index contributed by atoms with van der Waals surface area (Å²) in [5, 5.41) is 6.53. The van der Waals surface area contributed by atoms with E-state index in [-0.39, 0.29) is 30.2 Å². The second-order valence-electron chi connectivity index (χ2n) is 8.18. The number of halogens is 2. The lowest BCUT2D eigenvalue weighted by Gasteiger charge is -2.22. The first-order valence-corrected chi connectivity index (χ1v) is 10.3. The fourth-order valence-corrected chi connectivity index (χ4v) is 3.75. The van der Waals surface area contributed by atoms with E-state index in [0.29, 0.717) is 0 Å². The van der Waals surface area contributed by atoms with E-state index in [1.165, 1.54) is 5.56 Å². The Morgan fingerprint density at radius 1 is 0.818 bits per heavy atom. The number of aliphatic imine (C=N–C) groups is 1. The Hall–Kier alpha value is -3.02. The number of nitrogens with zero attached hydrogens (tertiary/aromatic N) is 4. The molecule has 0 amide bonds. The predicted molar refractivity (Wildman–Crippen MR) is 145 cm³/mol. The van der Waals surface area contributed by atoms with Gasteiger partial charge in [0.2, 0.25) is 0 Å². The average Bonchev–Trinajstić information content (AvgIpc) is 3.07. The molecule has 0 bridgehead atoms. The van der Waals surface area contributed by atoms with Gasteiger partial charge in [-0.15, -0.1) is 24.8 Å². The number of fused-ring (bicyclic) bond motifs is 1. The third-order valence-corrected chi connectivity index (χ3v) is 5.88. The largest absolute Gasteiger partial charge is 0.497 e. The summed E-state index contributed by atoms with van der Waals surface area (Å²) < 4.78 is 5.24. The van der Waals surface area contributed by atoms with E-state index in [4.69, 9.17) is 9.73 Å². The van der Waals surface area contributed by atoms with Gasteiger partial charge in [0.1, 0.15) is 5.75 Å². The van der Waals surface area contributed by atoms with E-state index < -0.39 is 0 Å². The van der Waals surface area contributed by atoms with E-state index >= 15 is 0 Å². The standard InChI is InChI=1S/C26H28N4O.2ClH/c1-26(2)23-8-6-7-9-24(23)28-25(26)18-27-30(4)21-12-10-19(11-13-21)29(3)20-14-16-22(31-5)17-15-20;;/h6-18H,1-5H3;2*1H/b27-18+;;. The summed E-state index contributed by atoms with van der Waals surface area (Å²) in [4.78, 5) is 6.92. The summed E-state index contributed by atoms with van der Waals surface area (Å²) in [7, 11) is 5.68. The van der Waals surface area contributed by atoms with Gasteiger partial charge in [0.25, 0.3) is 0 Å². The lowest BCUT2D eigenvalue weighted by molar-refractivity contribution is 0.415. The molecule has 0 fully saturated rings. The molecule has 0 unspecified atom stereocenters. The van der Waals surface area contributed by atoms with Crippen molar-refractivity contribution in [1.29, 1.82) is 0 Å². The maximum atomic E-state index is 5.24. The third-order valence-electron chi connectivity index (χ3n) is 5.88. The Morgan fingerprint density at radius 2 is 1.36 bits per heavy atom. The number of benzene rings is 3. The highest BCUT2D eigenvalue weighted by Gasteiger charge is 2.33. The van der Waals surface area contributed by atoms with Crippen LogP contribution in [0.2, 0.25) is 0 Å². The fraction of sp³-hybridized carbons (Fsp3) is 0.231. The maximum Gasteiger partial charge on any atom is 0.119 e. The Bertz CT molecular complexity index is 1130. The highest BCUT2D eigenvalue weighted by atomic mass is 35.5. The molecule has 3 aromatic carbocycles. The molecule has 0 spiro atoms. The van der Waals surface area contributed by atoms with Crippen molar-refractivity contribution < 1.29 is 4.74 Å². The van der Waals surface area contributed by atoms with Crippen molar-refractivity contribution in [1.82, 2.24) is 0 Å². The van der Waals surface area contributed by atoms with Gasteiger partial charge in [-0.2, -0.15) is 5.10 Å². The number of para-hydroxylation sites is 1. The lowest BCUT2D eigenvalue weighted by Crippen LogP contribution is -2.27. The van der Waals surface area contributed by atoms with Crippen LogP contribution in [-0.2, 0) is 5.41 Å². The highest BCUT2D eigenvalue weighted by Crippen LogP contribution is 2.39. The summed E-state index contributed by atoms with van der Waals surface area (Å²) in [5.41, 5.74) is 6.30. The van der Waals surface area contributed by atoms with Crippen LogP contribution in [0.5, 0.6) is 5.75 Å². The van der Waals surface area contributed by atoms with E-state index in [1.807, 2.05) is 48.6 Å². The highest BCUT2D eigenvalue weighted by molar-refractivity contribution is 6.36. The van der Waals surface area contributed by atoms with Crippen molar-refractivity contribution in [2.24, 2.45) is 10.1 Å². The zero-order valence-electron chi connectivity index (χ0n) is 19.5. The Balaban J connectivity index is 0.00000193. The number of anilines is 3. The van der Waals surface area contributed by atoms with Crippen molar-refractivity contribution in [3.05, 3.63) is 78.4 Å². The number of hydrazone groups is 1. The fourth-order valence-electron chi connectivity index (χ4n) is 3.75. The van der Waals surface area contributed by atoms with Gasteiger partial charge in [0.05, 0.1) is 30.4 Å². The van der Waals surface area contributed by atoms with Crippen LogP contribution in [0.3, 0.4) is 0 Å². The molecule has 7 heteroatoms. The molecule has 0 saturated carbocycles. The van der Waals surface area contributed by atoms with E-state index in [9.17, 15) is 0 Å². The molecule has 0 aliphatic carbocycles. The van der Waals surface area contributed by atoms with Crippen molar-refractivity contribution >= 4 is 59.5 Å². The van der Waals surface area contributed by atoms with Crippen LogP contribution in [0.15, 0.2) is 82.9 Å². The van der Waals surface area contributed by atoms with Crippen LogP contribution in [0.4, 0.5) is 22.7 Å². The van der Waals surface area contributed by atoms with Gasteiger partial charge in [0.15, 0.2) is 0 Å². The molecule has 33 heavy (non-hydrogen) atoms. The van der Waals surface area contributed by atoms with E-state index in [0.717, 1.165) is 34.2 Å². The number of hydrogen-bond donors (Lipinski definition) is 0. The number of ether oxygens (including phenoxy) is 1. The molecule has 1 aliphatic heterocycles. The van der Waals surface area contributed by atoms with Gasteiger partial charge in [-0.1, -0.05) is 32.0 Å². The summed E-state index contributed by atoms with van der Waals surface area (Å²) >= 11 is 0. The zero-order valence-corrected chi connectivity index (χ0v) is 21.2. The SMILES string of the molecule is COc1ccc(N(C)c2ccc(N(C)/N=C/C3=Nc4ccccc4C3(C)C)cc2)cc1.Cl.Cl. The molecule has 1 aliphatic rings. The van der Waals surface area contributed by atoms with E-state index in [2.05, 4.69) is 73.4 Å². The summed E-state index contributed by atoms with van der Waals surface area (Å²) in [5.74, 6) is 0.852. The number of rotatable bonds is 6. The van der Waals surface area contributed by atoms with Gasteiger partial charge in [-0.3, -0.25) is 10.0 Å². The van der Waals surface area contributed by atoms with E-state index in [1.54, 1.807) is 7.11 Å². The van der Waals surface area contributed by atoms with Crippen LogP contribution < -0.4 is 14.6 Å². The third kappa shape index (κ3) is 5.32. The predicted octanol–water partition coefficient (Wildman–Crippen LogP) is 6.79. The van der Waals surface area contributed by atoms with Crippen LogP contribution in [0, 0.1) is 0 Å². The molecule has 4 rings (SSSR count). The van der Waals surface area contributed by atoms with Crippen LogP contribution in [-0.4, -0.2) is 33.1 Å². The molecule has 174 valence electrons. The molecular weight excluding hydrogens is 455 g/mol. The van der Waals surface area contributed by atoms with Gasteiger partial charge < -0.3 is 9.64 Å². The molecule has 5 nitrogen and oxygen atoms in total. The maximum absolute atomic E-state index is 5.24. The molecule has 0 atom stereocenters. The molecule has 0 radical (unpaired) electrons. The number of methoxy groups -OCH3 is 1. The Kier molecular flexibility index (Phi) is 8.53. The molecule has 1 heterocycles. The van der Waals surface area contributed by atoms with Crippen molar-refractivity contribution in [2.45, 2.75) is 19.3 Å². The molecule has 3 aromatic rings. The normalized spacial score (nSPS) is 13.4. The Morgan fingerprint density at radius 3 is 1.94 bits per heavy atom. The Labute approximate surface area is 208 Å². The molecule has 0 saturated heterocycles.